The van der Waals surface area contributed by atoms with Gasteiger partial charge in [-0.2, -0.15) is 0 Å². The molecule has 0 radical (unpaired) electrons. The van der Waals surface area contributed by atoms with E-state index in [1.54, 1.807) is 4.90 Å². The van der Waals surface area contributed by atoms with Crippen LogP contribution in [0.3, 0.4) is 0 Å². The smallest absolute Gasteiger partial charge is 0.328 e. The number of carboxylic acid groups (broad SMARTS) is 1. The molecular weight excluding hydrogens is 248 g/mol. The minimum atomic E-state index is -1.26. The van der Waals surface area contributed by atoms with Gasteiger partial charge in [-0.1, -0.05) is 20.8 Å². The molecule has 110 valence electrons. The third-order valence-electron chi connectivity index (χ3n) is 3.73. The van der Waals surface area contributed by atoms with Gasteiger partial charge in [0.1, 0.15) is 0 Å². The Hall–Kier alpha value is -1.30. The first-order valence-electron chi connectivity index (χ1n) is 6.59. The van der Waals surface area contributed by atoms with E-state index in [0.29, 0.717) is 19.0 Å². The largest absolute Gasteiger partial charge is 0.480 e. The van der Waals surface area contributed by atoms with E-state index in [0.717, 1.165) is 6.42 Å². The maximum Gasteiger partial charge on any atom is 0.328 e. The van der Waals surface area contributed by atoms with Crippen molar-refractivity contribution in [3.8, 4) is 0 Å². The lowest BCUT2D eigenvalue weighted by Gasteiger charge is -2.27. The Labute approximate surface area is 113 Å². The van der Waals surface area contributed by atoms with Gasteiger partial charge in [0.05, 0.1) is 6.10 Å². The number of amides is 2. The predicted molar refractivity (Wildman–Crippen MR) is 70.8 cm³/mol. The van der Waals surface area contributed by atoms with Crippen LogP contribution in [0.1, 0.15) is 34.1 Å². The van der Waals surface area contributed by atoms with Crippen LogP contribution in [0.4, 0.5) is 4.79 Å². The fourth-order valence-corrected chi connectivity index (χ4v) is 2.26. The van der Waals surface area contributed by atoms with E-state index >= 15 is 0 Å². The number of carboxylic acids is 1. The first-order chi connectivity index (χ1) is 8.62. The van der Waals surface area contributed by atoms with Crippen LogP contribution >= 0.6 is 0 Å². The van der Waals surface area contributed by atoms with Gasteiger partial charge in [-0.3, -0.25) is 0 Å². The zero-order valence-electron chi connectivity index (χ0n) is 12.0. The monoisotopic (exact) mass is 272 g/mol. The Kier molecular flexibility index (Phi) is 4.79. The molecule has 1 heterocycles. The number of rotatable bonds is 3. The first-order valence-corrected chi connectivity index (χ1v) is 6.59. The molecule has 0 aromatic heterocycles. The van der Waals surface area contributed by atoms with Crippen LogP contribution in [0.5, 0.6) is 0 Å². The number of likely N-dealkylation sites (tertiary alicyclic amines) is 1. The van der Waals surface area contributed by atoms with Crippen LogP contribution in [-0.2, 0) is 4.79 Å². The van der Waals surface area contributed by atoms with Crippen LogP contribution in [-0.4, -0.2) is 52.3 Å². The summed E-state index contributed by atoms with van der Waals surface area (Å²) in [5.41, 5.74) is 0.130. The molecule has 6 nitrogen and oxygen atoms in total. The average Bonchev–Trinajstić information content (AvgIpc) is 2.73. The van der Waals surface area contributed by atoms with Crippen molar-refractivity contribution >= 4 is 12.0 Å². The Morgan fingerprint density at radius 1 is 1.37 bits per heavy atom. The number of carbonyl (C=O) groups is 2. The highest BCUT2D eigenvalue weighted by molar-refractivity contribution is 5.83. The van der Waals surface area contributed by atoms with Gasteiger partial charge in [0, 0.05) is 13.1 Å². The van der Waals surface area contributed by atoms with Gasteiger partial charge >= 0.3 is 12.0 Å². The highest BCUT2D eigenvalue weighted by atomic mass is 16.4. The van der Waals surface area contributed by atoms with Crippen LogP contribution in [0, 0.1) is 11.3 Å². The summed E-state index contributed by atoms with van der Waals surface area (Å²) in [4.78, 5) is 24.5. The number of carbonyl (C=O) groups excluding carboxylic acids is 1. The lowest BCUT2D eigenvalue weighted by atomic mass is 9.80. The summed E-state index contributed by atoms with van der Waals surface area (Å²) in [7, 11) is 0. The number of nitrogens with one attached hydrogen (secondary N) is 1. The van der Waals surface area contributed by atoms with Crippen LogP contribution in [0.25, 0.3) is 0 Å². The highest BCUT2D eigenvalue weighted by Gasteiger charge is 2.35. The van der Waals surface area contributed by atoms with Gasteiger partial charge in [-0.05, 0) is 24.7 Å². The number of aliphatic hydroxyl groups is 1. The molecule has 0 aromatic rings. The summed E-state index contributed by atoms with van der Waals surface area (Å²) < 4.78 is 0. The third kappa shape index (κ3) is 4.09. The van der Waals surface area contributed by atoms with E-state index in [9.17, 15) is 14.7 Å². The Morgan fingerprint density at radius 2 is 1.95 bits per heavy atom. The van der Waals surface area contributed by atoms with Crippen molar-refractivity contribution in [2.24, 2.45) is 11.3 Å². The quantitative estimate of drug-likeness (QED) is 0.712. The number of hydrogen-bond acceptors (Lipinski definition) is 3. The molecule has 3 N–H and O–H groups in total. The zero-order chi connectivity index (χ0) is 14.8. The highest BCUT2D eigenvalue weighted by Crippen LogP contribution is 2.33. The molecule has 1 aliphatic heterocycles. The second-order valence-electron chi connectivity index (χ2n) is 6.30. The summed E-state index contributed by atoms with van der Waals surface area (Å²) >= 11 is 0. The van der Waals surface area contributed by atoms with Crippen molar-refractivity contribution < 1.29 is 19.8 Å². The van der Waals surface area contributed by atoms with Gasteiger partial charge < -0.3 is 20.4 Å². The Bertz CT molecular complexity index is 349. The van der Waals surface area contributed by atoms with Crippen molar-refractivity contribution in [2.45, 2.75) is 46.3 Å². The van der Waals surface area contributed by atoms with Gasteiger partial charge in [0.2, 0.25) is 0 Å². The average molecular weight is 272 g/mol. The van der Waals surface area contributed by atoms with E-state index in [1.165, 1.54) is 6.92 Å². The van der Waals surface area contributed by atoms with E-state index in [-0.39, 0.29) is 5.41 Å². The SMILES string of the molecule is C[C@@H](O)[C@H](NC(=O)N1CCC(C(C)(C)C)C1)C(=O)O. The first kappa shape index (κ1) is 15.8. The number of aliphatic hydroxyl groups excluding tert-OH is 1. The summed E-state index contributed by atoms with van der Waals surface area (Å²) in [6.07, 6.45) is -0.203. The van der Waals surface area contributed by atoms with Crippen LogP contribution in [0.2, 0.25) is 0 Å². The lowest BCUT2D eigenvalue weighted by Crippen LogP contribution is -2.52. The molecule has 0 aromatic carbocycles. The van der Waals surface area contributed by atoms with Crippen molar-refractivity contribution in [2.75, 3.05) is 13.1 Å². The molecule has 6 heteroatoms. The summed E-state index contributed by atoms with van der Waals surface area (Å²) in [5, 5.41) is 20.6. The topological polar surface area (TPSA) is 89.9 Å². The second-order valence-corrected chi connectivity index (χ2v) is 6.30. The van der Waals surface area contributed by atoms with Crippen molar-refractivity contribution in [3.63, 3.8) is 0 Å². The zero-order valence-corrected chi connectivity index (χ0v) is 12.0. The van der Waals surface area contributed by atoms with Crippen molar-refractivity contribution in [1.82, 2.24) is 10.2 Å². The van der Waals surface area contributed by atoms with Gasteiger partial charge in [-0.25, -0.2) is 9.59 Å². The summed E-state index contributed by atoms with van der Waals surface area (Å²) in [6.45, 7) is 9.00. The van der Waals surface area contributed by atoms with Gasteiger partial charge in [-0.15, -0.1) is 0 Å². The molecule has 0 aliphatic carbocycles. The molecule has 0 saturated carbocycles. The van der Waals surface area contributed by atoms with Gasteiger partial charge in [0.15, 0.2) is 6.04 Å². The molecule has 1 aliphatic rings. The van der Waals surface area contributed by atoms with Crippen molar-refractivity contribution in [1.29, 1.82) is 0 Å². The Balaban J connectivity index is 2.58. The van der Waals surface area contributed by atoms with Crippen LogP contribution < -0.4 is 5.32 Å². The molecule has 0 bridgehead atoms. The van der Waals surface area contributed by atoms with Crippen molar-refractivity contribution in [3.05, 3.63) is 0 Å². The maximum atomic E-state index is 12.0. The molecule has 1 rings (SSSR count). The van der Waals surface area contributed by atoms with E-state index < -0.39 is 24.1 Å². The number of aliphatic carboxylic acids is 1. The minimum absolute atomic E-state index is 0.130. The Morgan fingerprint density at radius 3 is 2.32 bits per heavy atom. The third-order valence-corrected chi connectivity index (χ3v) is 3.73. The number of nitrogens with zero attached hydrogens (tertiary/aromatic N) is 1. The summed E-state index contributed by atoms with van der Waals surface area (Å²) in [5.74, 6) is -0.817. The molecule has 1 unspecified atom stereocenters. The number of urea groups is 1. The lowest BCUT2D eigenvalue weighted by molar-refractivity contribution is -0.141. The normalized spacial score (nSPS) is 23.0. The minimum Gasteiger partial charge on any atom is -0.480 e. The van der Waals surface area contributed by atoms with Gasteiger partial charge in [0.25, 0.3) is 0 Å². The van der Waals surface area contributed by atoms with Crippen LogP contribution in [0.15, 0.2) is 0 Å². The molecular formula is C13H24N2O4. The molecule has 2 amide bonds. The standard InChI is InChI=1S/C13H24N2O4/c1-8(16)10(11(17)18)14-12(19)15-6-5-9(7-15)13(2,3)4/h8-10,16H,5-7H2,1-4H3,(H,14,19)(H,17,18)/t8-,9?,10+/m1/s1. The fraction of sp³-hybridized carbons (Fsp3) is 0.846. The second kappa shape index (κ2) is 5.77. The fourth-order valence-electron chi connectivity index (χ4n) is 2.26. The summed E-state index contributed by atoms with van der Waals surface area (Å²) in [6, 6.07) is -1.68. The van der Waals surface area contributed by atoms with E-state index in [4.69, 9.17) is 5.11 Å². The molecule has 3 atom stereocenters. The predicted octanol–water partition coefficient (Wildman–Crippen LogP) is 0.898. The number of hydrogen-bond donors (Lipinski definition) is 3. The molecule has 1 fully saturated rings. The van der Waals surface area contributed by atoms with E-state index in [2.05, 4.69) is 26.1 Å². The molecule has 1 saturated heterocycles. The maximum absolute atomic E-state index is 12.0. The molecule has 0 spiro atoms. The van der Waals surface area contributed by atoms with E-state index in [1.807, 2.05) is 0 Å². The molecule has 19 heavy (non-hydrogen) atoms.